The Morgan fingerprint density at radius 3 is 3.10 bits per heavy atom. The van der Waals surface area contributed by atoms with Crippen LogP contribution in [0.5, 0.6) is 0 Å². The molecule has 7 heteroatoms. The lowest BCUT2D eigenvalue weighted by molar-refractivity contribution is -0.117. The third kappa shape index (κ3) is 2.52. The Hall–Kier alpha value is -1.55. The van der Waals surface area contributed by atoms with Crippen LogP contribution in [0, 0.1) is 17.2 Å². The summed E-state index contributed by atoms with van der Waals surface area (Å²) in [4.78, 5) is 11.3. The van der Waals surface area contributed by atoms with Crippen LogP contribution in [-0.2, 0) is 16.8 Å². The van der Waals surface area contributed by atoms with Crippen molar-refractivity contribution in [1.82, 2.24) is 15.0 Å². The van der Waals surface area contributed by atoms with Crippen molar-refractivity contribution in [2.24, 2.45) is 11.7 Å². The number of thioether (sulfide) groups is 1. The molecule has 1 aromatic heterocycles. The Labute approximate surface area is 121 Å². The summed E-state index contributed by atoms with van der Waals surface area (Å²) in [7, 11) is 0. The molecular weight excluding hydrogens is 274 g/mol. The quantitative estimate of drug-likeness (QED) is 0.886. The van der Waals surface area contributed by atoms with Gasteiger partial charge in [-0.25, -0.2) is 4.68 Å². The van der Waals surface area contributed by atoms with Gasteiger partial charge in [-0.2, -0.15) is 5.26 Å². The summed E-state index contributed by atoms with van der Waals surface area (Å²) >= 11 is 1.65. The predicted octanol–water partition coefficient (Wildman–Crippen LogP) is 0.830. The van der Waals surface area contributed by atoms with E-state index in [2.05, 4.69) is 16.4 Å². The van der Waals surface area contributed by atoms with Gasteiger partial charge in [-0.3, -0.25) is 4.79 Å². The highest BCUT2D eigenvalue weighted by Crippen LogP contribution is 2.42. The molecule has 1 saturated heterocycles. The summed E-state index contributed by atoms with van der Waals surface area (Å²) < 4.78 is 1.70. The Bertz CT molecular complexity index is 559. The largest absolute Gasteiger partial charge is 0.369 e. The van der Waals surface area contributed by atoms with Crippen LogP contribution < -0.4 is 5.73 Å². The van der Waals surface area contributed by atoms with Crippen LogP contribution in [0.3, 0.4) is 0 Å². The minimum atomic E-state index is -0.441. The molecule has 1 saturated carbocycles. The van der Waals surface area contributed by atoms with Gasteiger partial charge in [-0.15, -0.1) is 16.9 Å². The third-order valence-corrected chi connectivity index (χ3v) is 5.42. The van der Waals surface area contributed by atoms with Gasteiger partial charge in [0.1, 0.15) is 0 Å². The van der Waals surface area contributed by atoms with Gasteiger partial charge in [0.15, 0.2) is 5.54 Å². The third-order valence-electron chi connectivity index (χ3n) is 4.12. The summed E-state index contributed by atoms with van der Waals surface area (Å²) in [6, 6.07) is 2.30. The fourth-order valence-electron chi connectivity index (χ4n) is 2.66. The molecule has 0 bridgehead atoms. The normalized spacial score (nSPS) is 27.8. The molecule has 0 aromatic carbocycles. The molecule has 2 atom stereocenters. The Balaban J connectivity index is 1.64. The van der Waals surface area contributed by atoms with E-state index in [1.807, 2.05) is 6.20 Å². The van der Waals surface area contributed by atoms with Crippen LogP contribution in [0.15, 0.2) is 6.20 Å². The van der Waals surface area contributed by atoms with Gasteiger partial charge in [-0.1, -0.05) is 5.21 Å². The molecule has 1 aromatic rings. The smallest absolute Gasteiger partial charge is 0.230 e. The maximum Gasteiger partial charge on any atom is 0.230 e. The highest BCUT2D eigenvalue weighted by atomic mass is 32.2. The molecule has 1 amide bonds. The van der Waals surface area contributed by atoms with Crippen LogP contribution in [0.1, 0.15) is 31.4 Å². The molecule has 1 aliphatic carbocycles. The van der Waals surface area contributed by atoms with E-state index in [4.69, 9.17) is 11.0 Å². The summed E-state index contributed by atoms with van der Waals surface area (Å²) in [6.45, 7) is 0. The Morgan fingerprint density at radius 2 is 2.45 bits per heavy atom. The van der Waals surface area contributed by atoms with E-state index >= 15 is 0 Å². The molecule has 1 aliphatic heterocycles. The van der Waals surface area contributed by atoms with Crippen molar-refractivity contribution in [2.75, 3.05) is 5.75 Å². The molecule has 2 fully saturated rings. The van der Waals surface area contributed by atoms with Gasteiger partial charge >= 0.3 is 0 Å². The lowest BCUT2D eigenvalue weighted by Crippen LogP contribution is -2.32. The number of carbonyl (C=O) groups excluding carboxylic acids is 1. The van der Waals surface area contributed by atoms with Gasteiger partial charge in [0.05, 0.1) is 23.2 Å². The first-order valence-corrected chi connectivity index (χ1v) is 7.92. The fourth-order valence-corrected chi connectivity index (χ4v) is 3.98. The number of rotatable bonds is 4. The summed E-state index contributed by atoms with van der Waals surface area (Å²) in [5.74, 6) is 1.18. The maximum absolute atomic E-state index is 11.3. The van der Waals surface area contributed by atoms with Gasteiger partial charge in [0.2, 0.25) is 5.91 Å². The van der Waals surface area contributed by atoms with Gasteiger partial charge in [-0.05, 0) is 43.8 Å². The van der Waals surface area contributed by atoms with E-state index < -0.39 is 5.54 Å². The minimum Gasteiger partial charge on any atom is -0.369 e. The zero-order valence-corrected chi connectivity index (χ0v) is 12.0. The zero-order chi connectivity index (χ0) is 14.2. The highest BCUT2D eigenvalue weighted by molar-refractivity contribution is 8.00. The highest BCUT2D eigenvalue weighted by Gasteiger charge is 2.46. The van der Waals surface area contributed by atoms with Crippen molar-refractivity contribution < 1.29 is 4.79 Å². The second kappa shape index (κ2) is 5.09. The van der Waals surface area contributed by atoms with E-state index in [1.54, 1.807) is 16.4 Å². The molecule has 2 heterocycles. The van der Waals surface area contributed by atoms with Gasteiger partial charge < -0.3 is 5.73 Å². The van der Waals surface area contributed by atoms with Crippen molar-refractivity contribution in [1.29, 1.82) is 5.26 Å². The van der Waals surface area contributed by atoms with E-state index in [1.165, 1.54) is 0 Å². The van der Waals surface area contributed by atoms with E-state index in [0.717, 1.165) is 43.6 Å². The molecule has 6 nitrogen and oxygen atoms in total. The lowest BCUT2D eigenvalue weighted by atomic mass is 9.94. The van der Waals surface area contributed by atoms with Crippen LogP contribution in [0.25, 0.3) is 0 Å². The summed E-state index contributed by atoms with van der Waals surface area (Å²) in [5.41, 5.74) is 5.85. The first kappa shape index (κ1) is 13.4. The topological polar surface area (TPSA) is 97.6 Å². The molecule has 106 valence electrons. The number of hydrogen-bond donors (Lipinski definition) is 1. The number of amides is 1. The Kier molecular flexibility index (Phi) is 3.42. The van der Waals surface area contributed by atoms with Crippen molar-refractivity contribution >= 4 is 17.7 Å². The second-order valence-electron chi connectivity index (χ2n) is 5.65. The summed E-state index contributed by atoms with van der Waals surface area (Å²) in [6.07, 6.45) is 6.30. The molecule has 0 radical (unpaired) electrons. The molecule has 20 heavy (non-hydrogen) atoms. The van der Waals surface area contributed by atoms with Gasteiger partial charge in [0.25, 0.3) is 0 Å². The molecule has 1 unspecified atom stereocenters. The molecule has 2 N–H and O–H groups in total. The number of hydrogen-bond acceptors (Lipinski definition) is 5. The zero-order valence-electron chi connectivity index (χ0n) is 11.2. The molecule has 0 spiro atoms. The predicted molar refractivity (Wildman–Crippen MR) is 74.7 cm³/mol. The number of nitriles is 1. The van der Waals surface area contributed by atoms with Gasteiger partial charge in [0, 0.05) is 0 Å². The maximum atomic E-state index is 11.3. The van der Waals surface area contributed by atoms with Crippen LogP contribution in [0.4, 0.5) is 0 Å². The first-order valence-electron chi connectivity index (χ1n) is 6.87. The van der Waals surface area contributed by atoms with Crippen molar-refractivity contribution in [3.63, 3.8) is 0 Å². The number of primary amides is 1. The van der Waals surface area contributed by atoms with Crippen LogP contribution in [0.2, 0.25) is 0 Å². The van der Waals surface area contributed by atoms with Crippen LogP contribution in [-0.4, -0.2) is 31.9 Å². The van der Waals surface area contributed by atoms with Crippen LogP contribution >= 0.6 is 11.8 Å². The number of nitrogens with two attached hydrogens (primary N) is 1. The van der Waals surface area contributed by atoms with Crippen molar-refractivity contribution in [3.8, 4) is 6.07 Å². The standard InChI is InChI=1S/C13H17N5OS/c14-8-13(2-3-13)18-7-10(16-17-18)5-9-1-4-20-11(6-9)12(15)19/h7,9,11H,1-6H2,(H2,15,19)/t9?,11-/m0/s1. The van der Waals surface area contributed by atoms with E-state index in [-0.39, 0.29) is 11.2 Å². The number of aromatic nitrogens is 3. The summed E-state index contributed by atoms with van der Waals surface area (Å²) in [5, 5.41) is 17.3. The molecule has 2 aliphatic rings. The average molecular weight is 291 g/mol. The van der Waals surface area contributed by atoms with E-state index in [9.17, 15) is 4.79 Å². The number of nitrogens with zero attached hydrogens (tertiary/aromatic N) is 4. The fraction of sp³-hybridized carbons (Fsp3) is 0.692. The molecular formula is C13H17N5OS. The monoisotopic (exact) mass is 291 g/mol. The SMILES string of the molecule is N#CC1(n2cc(CC3CCS[C@H](C(N)=O)C3)nn2)CC1. The van der Waals surface area contributed by atoms with Crippen molar-refractivity contribution in [3.05, 3.63) is 11.9 Å². The number of carbonyl (C=O) groups is 1. The molecule has 3 rings (SSSR count). The minimum absolute atomic E-state index is 0.0716. The second-order valence-corrected chi connectivity index (χ2v) is 6.96. The Morgan fingerprint density at radius 1 is 1.65 bits per heavy atom. The van der Waals surface area contributed by atoms with E-state index in [0.29, 0.717) is 5.92 Å². The lowest BCUT2D eigenvalue weighted by Gasteiger charge is -2.26. The van der Waals surface area contributed by atoms with Crippen molar-refractivity contribution in [2.45, 2.75) is 42.9 Å². The first-order chi connectivity index (χ1) is 9.63. The average Bonchev–Trinajstić information content (AvgIpc) is 3.12.